The van der Waals surface area contributed by atoms with Gasteiger partial charge in [-0.15, -0.1) is 0 Å². The van der Waals surface area contributed by atoms with Gasteiger partial charge in [-0.1, -0.05) is 32.0 Å². The number of carbonyl (C=O) groups excluding carboxylic acids is 4. The smallest absolute Gasteiger partial charge is 0.426 e. The molecule has 0 saturated carbocycles. The number of alkyl halides is 2. The molecule has 1 aromatic carbocycles. The summed E-state index contributed by atoms with van der Waals surface area (Å²) in [4.78, 5) is 61.5. The first-order chi connectivity index (χ1) is 21.7. The lowest BCUT2D eigenvalue weighted by molar-refractivity contribution is -0.138. The number of likely N-dealkylation sites (tertiary alicyclic amines) is 1. The highest BCUT2D eigenvalue weighted by molar-refractivity contribution is 6.43. The molecule has 0 bridgehead atoms. The van der Waals surface area contributed by atoms with Gasteiger partial charge in [0.1, 0.15) is 18.1 Å². The second-order valence-corrected chi connectivity index (χ2v) is 11.9. The van der Waals surface area contributed by atoms with E-state index in [0.717, 1.165) is 5.01 Å². The lowest BCUT2D eigenvalue weighted by Gasteiger charge is -2.31. The Morgan fingerprint density at radius 1 is 1.13 bits per heavy atom. The van der Waals surface area contributed by atoms with Crippen molar-refractivity contribution in [3.8, 4) is 0 Å². The first-order valence-corrected chi connectivity index (χ1v) is 15.2. The summed E-state index contributed by atoms with van der Waals surface area (Å²) in [6.07, 6.45) is 2.92. The van der Waals surface area contributed by atoms with Crippen LogP contribution in [-0.4, -0.2) is 104 Å². The fourth-order valence-electron chi connectivity index (χ4n) is 5.36. The highest BCUT2D eigenvalue weighted by atomic mass is 19.3. The molecule has 17 heteroatoms. The van der Waals surface area contributed by atoms with Crippen LogP contribution < -0.4 is 22.2 Å². The zero-order valence-corrected chi connectivity index (χ0v) is 25.9. The van der Waals surface area contributed by atoms with Crippen LogP contribution in [0.5, 0.6) is 0 Å². The molecular weight excluding hydrogens is 605 g/mol. The lowest BCUT2D eigenvalue weighted by atomic mass is 9.77. The van der Waals surface area contributed by atoms with Crippen molar-refractivity contribution in [1.82, 2.24) is 30.5 Å². The average Bonchev–Trinajstić information content (AvgIpc) is 3.64. The quantitative estimate of drug-likeness (QED) is 0.0418. The minimum atomic E-state index is -3.37. The van der Waals surface area contributed by atoms with Crippen molar-refractivity contribution in [2.24, 2.45) is 17.5 Å². The number of amides is 4. The Labute approximate surface area is 266 Å². The fraction of sp³-hybridized carbons (Fsp3) is 0.552. The Morgan fingerprint density at radius 2 is 1.80 bits per heavy atom. The first-order valence-electron chi connectivity index (χ1n) is 15.2. The maximum Gasteiger partial charge on any atom is 0.475 e. The van der Waals surface area contributed by atoms with Gasteiger partial charge in [-0.05, 0) is 50.3 Å². The second-order valence-electron chi connectivity index (χ2n) is 11.9. The van der Waals surface area contributed by atoms with E-state index in [1.807, 2.05) is 13.8 Å². The Bertz CT molecular complexity index is 1300. The molecule has 46 heavy (non-hydrogen) atoms. The average molecular weight is 649 g/mol. The van der Waals surface area contributed by atoms with Crippen LogP contribution in [0.2, 0.25) is 0 Å². The number of carbonyl (C=O) groups is 4. The molecule has 0 radical (unpaired) electrons. The molecule has 1 saturated heterocycles. The number of nitrogens with zero attached hydrogens (tertiary/aromatic N) is 3. The third-order valence-corrected chi connectivity index (χ3v) is 7.69. The molecule has 1 aromatic heterocycles. The Kier molecular flexibility index (Phi) is 13.2. The van der Waals surface area contributed by atoms with Crippen molar-refractivity contribution in [2.75, 3.05) is 13.1 Å². The maximum atomic E-state index is 14.3. The monoisotopic (exact) mass is 648 g/mol. The van der Waals surface area contributed by atoms with Gasteiger partial charge in [0, 0.05) is 24.6 Å². The van der Waals surface area contributed by atoms with Crippen LogP contribution in [0.15, 0.2) is 42.9 Å². The highest BCUT2D eigenvalue weighted by Gasteiger charge is 2.52. The second kappa shape index (κ2) is 16.6. The number of unbranched alkanes of at least 4 members (excludes halogenated alkanes) is 1. The lowest BCUT2D eigenvalue weighted by Crippen LogP contribution is -2.60. The third-order valence-electron chi connectivity index (χ3n) is 7.69. The summed E-state index contributed by atoms with van der Waals surface area (Å²) in [7, 11) is -2.24. The van der Waals surface area contributed by atoms with Crippen LogP contribution in [0.4, 0.5) is 8.78 Å². The molecule has 4 amide bonds. The number of hydrazine groups is 1. The van der Waals surface area contributed by atoms with Gasteiger partial charge < -0.3 is 36.3 Å². The van der Waals surface area contributed by atoms with E-state index in [1.165, 1.54) is 12.5 Å². The van der Waals surface area contributed by atoms with Crippen molar-refractivity contribution < 1.29 is 38.0 Å². The van der Waals surface area contributed by atoms with Crippen LogP contribution in [-0.2, 0) is 20.8 Å². The molecule has 252 valence electrons. The summed E-state index contributed by atoms with van der Waals surface area (Å²) in [5, 5.41) is 25.5. The number of rotatable bonds is 16. The summed E-state index contributed by atoms with van der Waals surface area (Å²) < 4.78 is 28.6. The van der Waals surface area contributed by atoms with E-state index in [4.69, 9.17) is 11.6 Å². The molecule has 1 aliphatic heterocycles. The van der Waals surface area contributed by atoms with Crippen molar-refractivity contribution in [1.29, 1.82) is 0 Å². The summed E-state index contributed by atoms with van der Waals surface area (Å²) >= 11 is 0. The molecule has 14 nitrogen and oxygen atoms in total. The van der Waals surface area contributed by atoms with Gasteiger partial charge in [-0.2, -0.15) is 0 Å². The Balaban J connectivity index is 1.85. The maximum absolute atomic E-state index is 14.3. The topological polar surface area (TPSA) is 220 Å². The highest BCUT2D eigenvalue weighted by Crippen LogP contribution is 2.33. The summed E-state index contributed by atoms with van der Waals surface area (Å²) in [6.45, 7) is 2.91. The van der Waals surface area contributed by atoms with Gasteiger partial charge in [0.25, 0.3) is 11.8 Å². The summed E-state index contributed by atoms with van der Waals surface area (Å²) in [6, 6.07) is 4.33. The van der Waals surface area contributed by atoms with Crippen LogP contribution in [0, 0.1) is 5.92 Å². The number of nitrogens with two attached hydrogens (primary N) is 2. The number of hydrogen-bond donors (Lipinski definition) is 7. The molecule has 3 rings (SSSR count). The predicted molar refractivity (Wildman–Crippen MR) is 164 cm³/mol. The number of halogens is 2. The molecule has 0 aliphatic carbocycles. The first kappa shape index (κ1) is 36.5. The van der Waals surface area contributed by atoms with Crippen LogP contribution in [0.1, 0.15) is 62.0 Å². The zero-order valence-electron chi connectivity index (χ0n) is 25.9. The van der Waals surface area contributed by atoms with Gasteiger partial charge >= 0.3 is 7.12 Å². The Morgan fingerprint density at radius 3 is 2.39 bits per heavy atom. The molecule has 4 atom stereocenters. The van der Waals surface area contributed by atoms with Crippen molar-refractivity contribution in [3.63, 3.8) is 0 Å². The van der Waals surface area contributed by atoms with Gasteiger partial charge in [-0.3, -0.25) is 24.2 Å². The largest absolute Gasteiger partial charge is 0.475 e. The molecule has 2 heterocycles. The minimum absolute atomic E-state index is 0.118. The molecule has 9 N–H and O–H groups in total. The van der Waals surface area contributed by atoms with E-state index in [-0.39, 0.29) is 30.7 Å². The SMILES string of the molecule is CC(C)C[C@H](NC(=O)[C@H](CCCCN)N(N)C(=O)c1ccccc1)C(=O)N[C@@H](Cc1c[nH]cn1)C(=O)N1CC(F)(F)CC1B(O)O. The van der Waals surface area contributed by atoms with E-state index in [1.54, 1.807) is 30.3 Å². The molecular formula is C29H43BF2N8O6. The summed E-state index contributed by atoms with van der Waals surface area (Å²) in [5.74, 6) is -1.98. The van der Waals surface area contributed by atoms with E-state index >= 15 is 0 Å². The standard InChI is InChI=1S/C29H43BF2N8O6/c1-18(2)12-21(37-26(42)23(10-6-7-11-33)40(34)27(43)19-8-4-3-5-9-19)25(41)38-22(13-20-15-35-17-36-20)28(44)39-16-29(31,32)14-24(39)30(45)46/h3-5,8-9,15,17-18,21-24,45-46H,6-7,10-14,16,33-34H2,1-2H3,(H,35,36)(H,37,42)(H,38,41)/t21-,22-,23-,24?/m0/s1. The normalized spacial score (nSPS) is 17.7. The van der Waals surface area contributed by atoms with Gasteiger partial charge in [0.2, 0.25) is 17.7 Å². The fourth-order valence-corrected chi connectivity index (χ4v) is 5.36. The Hall–Kier alpha value is -3.93. The van der Waals surface area contributed by atoms with Gasteiger partial charge in [0.05, 0.1) is 24.5 Å². The zero-order chi connectivity index (χ0) is 34.0. The number of aromatic amines is 1. The van der Waals surface area contributed by atoms with Gasteiger partial charge in [0.15, 0.2) is 0 Å². The molecule has 1 aliphatic rings. The molecule has 1 fully saturated rings. The van der Waals surface area contributed by atoms with E-state index in [9.17, 15) is 38.0 Å². The molecule has 2 aromatic rings. The number of hydrogen-bond acceptors (Lipinski definition) is 9. The van der Waals surface area contributed by atoms with Crippen molar-refractivity contribution >= 4 is 30.7 Å². The molecule has 1 unspecified atom stereocenters. The number of aromatic nitrogens is 2. The van der Waals surface area contributed by atoms with E-state index < -0.39 is 73.7 Å². The summed E-state index contributed by atoms with van der Waals surface area (Å²) in [5.41, 5.74) is 6.21. The number of benzene rings is 1. The van der Waals surface area contributed by atoms with Crippen LogP contribution >= 0.6 is 0 Å². The van der Waals surface area contributed by atoms with Crippen molar-refractivity contribution in [3.05, 3.63) is 54.1 Å². The van der Waals surface area contributed by atoms with Gasteiger partial charge in [-0.25, -0.2) is 19.6 Å². The van der Waals surface area contributed by atoms with Crippen molar-refractivity contribution in [2.45, 2.75) is 82.4 Å². The van der Waals surface area contributed by atoms with E-state index in [0.29, 0.717) is 30.0 Å². The van der Waals surface area contributed by atoms with E-state index in [2.05, 4.69) is 20.6 Å². The minimum Gasteiger partial charge on any atom is -0.426 e. The number of nitrogens with one attached hydrogen (secondary N) is 3. The number of H-pyrrole nitrogens is 1. The number of imidazole rings is 1. The molecule has 0 spiro atoms. The third kappa shape index (κ3) is 10.0. The predicted octanol–water partition coefficient (Wildman–Crippen LogP) is -0.270. The van der Waals surface area contributed by atoms with Crippen LogP contribution in [0.25, 0.3) is 0 Å². The van der Waals surface area contributed by atoms with Crippen LogP contribution in [0.3, 0.4) is 0 Å².